The summed E-state index contributed by atoms with van der Waals surface area (Å²) in [5.41, 5.74) is 1.04. The molecule has 2 aromatic rings. The molecule has 0 aliphatic heterocycles. The van der Waals surface area contributed by atoms with Gasteiger partial charge in [0, 0.05) is 0 Å². The van der Waals surface area contributed by atoms with Crippen molar-refractivity contribution in [2.45, 2.75) is 6.61 Å². The molecule has 0 heterocycles. The first-order valence-electron chi connectivity index (χ1n) is 5.93. The number of carbonyl (C=O) groups is 1. The lowest BCUT2D eigenvalue weighted by Crippen LogP contribution is -2.03. The molecule has 0 aromatic heterocycles. The number of carbonyl (C=O) groups excluding carboxylic acids is 1. The van der Waals surface area contributed by atoms with E-state index >= 15 is 0 Å². The fraction of sp³-hybridized carbons (Fsp3) is 0.0625. The molecule has 2 rings (SSSR count). The third-order valence-corrected chi connectivity index (χ3v) is 2.35. The maximum absolute atomic E-state index is 11.4. The van der Waals surface area contributed by atoms with Gasteiger partial charge in [-0.3, -0.25) is 0 Å². The summed E-state index contributed by atoms with van der Waals surface area (Å²) >= 11 is 0. The van der Waals surface area contributed by atoms with Crippen LogP contribution in [0.5, 0.6) is 5.75 Å². The summed E-state index contributed by atoms with van der Waals surface area (Å²) in [7, 11) is 0. The van der Waals surface area contributed by atoms with E-state index in [1.165, 1.54) is 12.3 Å². The van der Waals surface area contributed by atoms with Crippen molar-refractivity contribution >= 4 is 5.97 Å². The number of para-hydroxylation sites is 1. The summed E-state index contributed by atoms with van der Waals surface area (Å²) in [4.78, 5) is 11.4. The van der Waals surface area contributed by atoms with E-state index in [9.17, 15) is 4.79 Å². The molecule has 0 radical (unpaired) electrons. The molecule has 0 aliphatic rings. The summed E-state index contributed by atoms with van der Waals surface area (Å²) in [6, 6.07) is 18.6. The first-order valence-corrected chi connectivity index (χ1v) is 5.93. The molecule has 0 bridgehead atoms. The minimum atomic E-state index is -0.459. The van der Waals surface area contributed by atoms with E-state index in [0.717, 1.165) is 5.56 Å². The van der Waals surface area contributed by atoms with E-state index in [0.29, 0.717) is 12.4 Å². The Morgan fingerprint density at radius 2 is 1.58 bits per heavy atom. The second-order valence-electron chi connectivity index (χ2n) is 3.83. The Morgan fingerprint density at radius 1 is 0.947 bits per heavy atom. The van der Waals surface area contributed by atoms with Crippen LogP contribution in [0.4, 0.5) is 0 Å². The van der Waals surface area contributed by atoms with Crippen molar-refractivity contribution in [2.75, 3.05) is 0 Å². The average Bonchev–Trinajstić information content (AvgIpc) is 2.46. The molecule has 0 fully saturated rings. The molecular weight excluding hydrogens is 240 g/mol. The fourth-order valence-electron chi connectivity index (χ4n) is 1.46. The summed E-state index contributed by atoms with van der Waals surface area (Å²) in [5.74, 6) is 0.0551. The Bertz CT molecular complexity index is 532. The molecular formula is C16H14O3. The molecule has 0 aliphatic carbocycles. The minimum Gasteiger partial charge on any atom is -0.496 e. The van der Waals surface area contributed by atoms with E-state index in [1.54, 1.807) is 24.3 Å². The largest absolute Gasteiger partial charge is 0.496 e. The van der Waals surface area contributed by atoms with Gasteiger partial charge in [-0.05, 0) is 17.7 Å². The van der Waals surface area contributed by atoms with E-state index in [2.05, 4.69) is 0 Å². The predicted molar refractivity (Wildman–Crippen MR) is 72.4 cm³/mol. The van der Waals surface area contributed by atoms with E-state index in [-0.39, 0.29) is 0 Å². The van der Waals surface area contributed by atoms with Crippen LogP contribution in [0.15, 0.2) is 73.0 Å². The molecule has 3 nitrogen and oxygen atoms in total. The molecule has 2 aromatic carbocycles. The number of esters is 1. The van der Waals surface area contributed by atoms with Crippen molar-refractivity contribution in [3.05, 3.63) is 78.6 Å². The molecule has 0 spiro atoms. The highest BCUT2D eigenvalue weighted by atomic mass is 16.5. The van der Waals surface area contributed by atoms with Gasteiger partial charge in [-0.1, -0.05) is 48.5 Å². The van der Waals surface area contributed by atoms with Gasteiger partial charge in [-0.2, -0.15) is 0 Å². The first kappa shape index (κ1) is 12.9. The monoisotopic (exact) mass is 254 g/mol. The highest BCUT2D eigenvalue weighted by Crippen LogP contribution is 2.08. The lowest BCUT2D eigenvalue weighted by Gasteiger charge is -2.01. The molecule has 0 saturated carbocycles. The van der Waals surface area contributed by atoms with Gasteiger partial charge in [-0.25, -0.2) is 4.79 Å². The second-order valence-corrected chi connectivity index (χ2v) is 3.83. The molecule has 0 atom stereocenters. The molecule has 96 valence electrons. The van der Waals surface area contributed by atoms with Crippen LogP contribution in [0.3, 0.4) is 0 Å². The van der Waals surface area contributed by atoms with E-state index in [1.807, 2.05) is 36.4 Å². The standard InChI is InChI=1S/C16H14O3/c17-16(19-15-9-5-2-6-10-15)11-12-18-13-14-7-3-1-4-8-14/h1-12H,13H2/b12-11+. The molecule has 0 N–H and O–H groups in total. The van der Waals surface area contributed by atoms with Gasteiger partial charge in [0.25, 0.3) is 0 Å². The van der Waals surface area contributed by atoms with Crippen LogP contribution in [0.2, 0.25) is 0 Å². The topological polar surface area (TPSA) is 35.5 Å². The fourth-order valence-corrected chi connectivity index (χ4v) is 1.46. The minimum absolute atomic E-state index is 0.427. The number of rotatable bonds is 5. The van der Waals surface area contributed by atoms with Crippen molar-refractivity contribution in [1.29, 1.82) is 0 Å². The van der Waals surface area contributed by atoms with Crippen LogP contribution in [-0.2, 0) is 16.1 Å². The Kier molecular flexibility index (Phi) is 4.76. The molecule has 19 heavy (non-hydrogen) atoms. The zero-order valence-corrected chi connectivity index (χ0v) is 10.4. The summed E-state index contributed by atoms with van der Waals surface area (Å²) in [6.45, 7) is 0.427. The SMILES string of the molecule is O=C(/C=C/OCc1ccccc1)Oc1ccccc1. The Labute approximate surface area is 112 Å². The third kappa shape index (κ3) is 4.68. The quantitative estimate of drug-likeness (QED) is 0.355. The summed E-state index contributed by atoms with van der Waals surface area (Å²) in [6.07, 6.45) is 2.61. The summed E-state index contributed by atoms with van der Waals surface area (Å²) < 4.78 is 10.3. The van der Waals surface area contributed by atoms with Crippen LogP contribution < -0.4 is 4.74 Å². The van der Waals surface area contributed by atoms with Crippen molar-refractivity contribution in [2.24, 2.45) is 0 Å². The number of benzene rings is 2. The summed E-state index contributed by atoms with van der Waals surface area (Å²) in [5, 5.41) is 0. The maximum Gasteiger partial charge on any atom is 0.339 e. The predicted octanol–water partition coefficient (Wildman–Crippen LogP) is 3.32. The van der Waals surface area contributed by atoms with Crippen molar-refractivity contribution in [3.63, 3.8) is 0 Å². The van der Waals surface area contributed by atoms with Gasteiger partial charge < -0.3 is 9.47 Å². The van der Waals surface area contributed by atoms with Gasteiger partial charge >= 0.3 is 5.97 Å². The van der Waals surface area contributed by atoms with Gasteiger partial charge in [0.1, 0.15) is 12.4 Å². The Hall–Kier alpha value is -2.55. The zero-order chi connectivity index (χ0) is 13.3. The van der Waals surface area contributed by atoms with Crippen molar-refractivity contribution in [3.8, 4) is 5.75 Å². The van der Waals surface area contributed by atoms with Gasteiger partial charge in [0.05, 0.1) is 12.3 Å². The third-order valence-electron chi connectivity index (χ3n) is 2.35. The number of hydrogen-bond acceptors (Lipinski definition) is 3. The first-order chi connectivity index (χ1) is 9.34. The van der Waals surface area contributed by atoms with Crippen molar-refractivity contribution in [1.82, 2.24) is 0 Å². The van der Waals surface area contributed by atoms with Crippen molar-refractivity contribution < 1.29 is 14.3 Å². The second kappa shape index (κ2) is 7.01. The van der Waals surface area contributed by atoms with Gasteiger partial charge in [-0.15, -0.1) is 0 Å². The average molecular weight is 254 g/mol. The van der Waals surface area contributed by atoms with Gasteiger partial charge in [0.2, 0.25) is 0 Å². The lowest BCUT2D eigenvalue weighted by molar-refractivity contribution is -0.129. The van der Waals surface area contributed by atoms with Gasteiger partial charge in [0.15, 0.2) is 0 Å². The number of hydrogen-bond donors (Lipinski definition) is 0. The lowest BCUT2D eigenvalue weighted by atomic mass is 10.2. The van der Waals surface area contributed by atoms with E-state index in [4.69, 9.17) is 9.47 Å². The number of ether oxygens (including phenoxy) is 2. The van der Waals surface area contributed by atoms with Crippen LogP contribution in [0.1, 0.15) is 5.56 Å². The normalized spacial score (nSPS) is 10.3. The van der Waals surface area contributed by atoms with Crippen LogP contribution in [0, 0.1) is 0 Å². The highest BCUT2D eigenvalue weighted by Gasteiger charge is 1.98. The van der Waals surface area contributed by atoms with E-state index < -0.39 is 5.97 Å². The molecule has 0 saturated heterocycles. The molecule has 0 amide bonds. The Morgan fingerprint density at radius 3 is 2.26 bits per heavy atom. The van der Waals surface area contributed by atoms with Crippen LogP contribution in [0.25, 0.3) is 0 Å². The molecule has 3 heteroatoms. The van der Waals surface area contributed by atoms with Crippen LogP contribution >= 0.6 is 0 Å². The maximum atomic E-state index is 11.4. The Balaban J connectivity index is 1.75. The molecule has 0 unspecified atom stereocenters. The highest BCUT2D eigenvalue weighted by molar-refractivity contribution is 5.83. The van der Waals surface area contributed by atoms with Crippen LogP contribution in [-0.4, -0.2) is 5.97 Å². The smallest absolute Gasteiger partial charge is 0.339 e. The zero-order valence-electron chi connectivity index (χ0n) is 10.4.